The average molecular weight is 203 g/mol. The summed E-state index contributed by atoms with van der Waals surface area (Å²) < 4.78 is 23.5. The van der Waals surface area contributed by atoms with E-state index >= 15 is 0 Å². The molecule has 1 heterocycles. The van der Waals surface area contributed by atoms with Gasteiger partial charge in [-0.1, -0.05) is 0 Å². The third-order valence-electron chi connectivity index (χ3n) is 1.54. The monoisotopic (exact) mass is 203 g/mol. The van der Waals surface area contributed by atoms with Crippen LogP contribution in [0.2, 0.25) is 0 Å². The molecule has 0 unspecified atom stereocenters. The standard InChI is InChI=1S/C8H11F2N3O/c1-5-2-6(13-12-3-5)8(14)11-4-7(9)10/h2-3,7,12-13H,4H2,1H3,(H,11,14). The number of halogens is 2. The molecule has 0 atom stereocenters. The summed E-state index contributed by atoms with van der Waals surface area (Å²) in [5.41, 5.74) is 6.24. The Labute approximate surface area is 80.0 Å². The highest BCUT2D eigenvalue weighted by Gasteiger charge is 2.12. The minimum absolute atomic E-state index is 0.227. The molecule has 0 bridgehead atoms. The van der Waals surface area contributed by atoms with Crippen LogP contribution in [-0.4, -0.2) is 18.9 Å². The number of nitrogens with one attached hydrogen (secondary N) is 3. The van der Waals surface area contributed by atoms with Crippen LogP contribution in [0.25, 0.3) is 0 Å². The minimum Gasteiger partial charge on any atom is -0.345 e. The normalized spacial score (nSPS) is 15.1. The van der Waals surface area contributed by atoms with Crippen molar-refractivity contribution in [2.24, 2.45) is 0 Å². The first-order valence-electron chi connectivity index (χ1n) is 4.06. The smallest absolute Gasteiger partial charge is 0.269 e. The number of hydrogen-bond acceptors (Lipinski definition) is 3. The van der Waals surface area contributed by atoms with Gasteiger partial charge in [0.15, 0.2) is 0 Å². The minimum atomic E-state index is -2.53. The number of allylic oxidation sites excluding steroid dienone is 2. The van der Waals surface area contributed by atoms with Crippen LogP contribution in [-0.2, 0) is 4.79 Å². The second-order valence-corrected chi connectivity index (χ2v) is 2.82. The fourth-order valence-electron chi connectivity index (χ4n) is 0.920. The van der Waals surface area contributed by atoms with Crippen molar-refractivity contribution in [2.75, 3.05) is 6.54 Å². The predicted octanol–water partition coefficient (Wildman–Crippen LogP) is 0.263. The lowest BCUT2D eigenvalue weighted by Gasteiger charge is -2.15. The number of carbonyl (C=O) groups excluding carboxylic acids is 1. The topological polar surface area (TPSA) is 53.2 Å². The van der Waals surface area contributed by atoms with Gasteiger partial charge in [-0.3, -0.25) is 10.2 Å². The maximum absolute atomic E-state index is 11.8. The average Bonchev–Trinajstić information content (AvgIpc) is 2.14. The first-order chi connectivity index (χ1) is 6.59. The summed E-state index contributed by atoms with van der Waals surface area (Å²) in [5.74, 6) is -0.551. The molecule has 6 heteroatoms. The first-order valence-corrected chi connectivity index (χ1v) is 4.06. The van der Waals surface area contributed by atoms with Crippen molar-refractivity contribution >= 4 is 5.91 Å². The second-order valence-electron chi connectivity index (χ2n) is 2.82. The van der Waals surface area contributed by atoms with Crippen molar-refractivity contribution in [3.8, 4) is 0 Å². The van der Waals surface area contributed by atoms with Gasteiger partial charge in [-0.05, 0) is 18.6 Å². The van der Waals surface area contributed by atoms with Gasteiger partial charge in [0, 0.05) is 6.20 Å². The van der Waals surface area contributed by atoms with Crippen molar-refractivity contribution in [3.05, 3.63) is 23.5 Å². The lowest BCUT2D eigenvalue weighted by molar-refractivity contribution is -0.118. The van der Waals surface area contributed by atoms with Gasteiger partial charge in [-0.25, -0.2) is 8.78 Å². The van der Waals surface area contributed by atoms with E-state index in [0.29, 0.717) is 0 Å². The number of amides is 1. The molecule has 1 rings (SSSR count). The van der Waals surface area contributed by atoms with Crippen molar-refractivity contribution in [3.63, 3.8) is 0 Å². The van der Waals surface area contributed by atoms with Crippen LogP contribution in [0.5, 0.6) is 0 Å². The van der Waals surface area contributed by atoms with Gasteiger partial charge in [0.25, 0.3) is 12.3 Å². The van der Waals surface area contributed by atoms with Gasteiger partial charge >= 0.3 is 0 Å². The lowest BCUT2D eigenvalue weighted by Crippen LogP contribution is -2.40. The summed E-state index contributed by atoms with van der Waals surface area (Å²) in [7, 11) is 0. The highest BCUT2D eigenvalue weighted by molar-refractivity contribution is 5.93. The number of hydrazine groups is 1. The number of rotatable bonds is 3. The molecular formula is C8H11F2N3O. The maximum atomic E-state index is 11.8. The Bertz CT molecular complexity index is 286. The number of carbonyl (C=O) groups is 1. The highest BCUT2D eigenvalue weighted by Crippen LogP contribution is 2.02. The Balaban J connectivity index is 2.49. The zero-order valence-corrected chi connectivity index (χ0v) is 7.60. The summed E-state index contributed by atoms with van der Waals surface area (Å²) in [6, 6.07) is 0. The van der Waals surface area contributed by atoms with Gasteiger partial charge in [0.2, 0.25) is 0 Å². The number of alkyl halides is 2. The molecule has 4 nitrogen and oxygen atoms in total. The van der Waals surface area contributed by atoms with Crippen LogP contribution in [0, 0.1) is 0 Å². The molecule has 14 heavy (non-hydrogen) atoms. The molecule has 1 aliphatic heterocycles. The molecule has 0 aromatic heterocycles. The summed E-state index contributed by atoms with van der Waals surface area (Å²) in [4.78, 5) is 11.2. The third-order valence-corrected chi connectivity index (χ3v) is 1.54. The number of hydrogen-bond donors (Lipinski definition) is 3. The van der Waals surface area contributed by atoms with E-state index in [9.17, 15) is 13.6 Å². The van der Waals surface area contributed by atoms with E-state index in [2.05, 4.69) is 16.2 Å². The van der Waals surface area contributed by atoms with Crippen molar-refractivity contribution < 1.29 is 13.6 Å². The maximum Gasteiger partial charge on any atom is 0.269 e. The Morgan fingerprint density at radius 3 is 2.93 bits per heavy atom. The fraction of sp³-hybridized carbons (Fsp3) is 0.375. The van der Waals surface area contributed by atoms with E-state index in [1.54, 1.807) is 19.2 Å². The van der Waals surface area contributed by atoms with E-state index in [1.165, 1.54) is 0 Å². The van der Waals surface area contributed by atoms with Crippen LogP contribution in [0.3, 0.4) is 0 Å². The van der Waals surface area contributed by atoms with Gasteiger partial charge in [0.05, 0.1) is 6.54 Å². The molecule has 0 saturated heterocycles. The molecule has 1 aliphatic rings. The molecule has 0 spiro atoms. The third kappa shape index (κ3) is 3.04. The van der Waals surface area contributed by atoms with Crippen LogP contribution < -0.4 is 16.2 Å². The quantitative estimate of drug-likeness (QED) is 0.617. The largest absolute Gasteiger partial charge is 0.345 e. The van der Waals surface area contributed by atoms with Crippen LogP contribution in [0.1, 0.15) is 6.92 Å². The van der Waals surface area contributed by atoms with Crippen molar-refractivity contribution in [1.82, 2.24) is 16.2 Å². The molecule has 1 amide bonds. The Morgan fingerprint density at radius 2 is 2.36 bits per heavy atom. The molecule has 0 saturated carbocycles. The van der Waals surface area contributed by atoms with Gasteiger partial charge < -0.3 is 10.7 Å². The predicted molar refractivity (Wildman–Crippen MR) is 47.1 cm³/mol. The molecule has 3 N–H and O–H groups in total. The van der Waals surface area contributed by atoms with E-state index in [1.807, 2.05) is 0 Å². The van der Waals surface area contributed by atoms with E-state index in [0.717, 1.165) is 5.57 Å². The second kappa shape index (κ2) is 4.59. The zero-order chi connectivity index (χ0) is 10.6. The molecule has 0 aromatic carbocycles. The summed E-state index contributed by atoms with van der Waals surface area (Å²) in [5, 5.41) is 2.09. The Morgan fingerprint density at radius 1 is 1.64 bits per heavy atom. The first kappa shape index (κ1) is 10.5. The summed E-state index contributed by atoms with van der Waals surface area (Å²) >= 11 is 0. The molecule has 0 aromatic rings. The van der Waals surface area contributed by atoms with Gasteiger partial charge in [0.1, 0.15) is 5.70 Å². The Kier molecular flexibility index (Phi) is 3.44. The fourth-order valence-corrected chi connectivity index (χ4v) is 0.920. The Hall–Kier alpha value is -1.59. The van der Waals surface area contributed by atoms with E-state index in [-0.39, 0.29) is 5.70 Å². The molecule has 0 radical (unpaired) electrons. The van der Waals surface area contributed by atoms with Gasteiger partial charge in [-0.15, -0.1) is 0 Å². The van der Waals surface area contributed by atoms with Gasteiger partial charge in [-0.2, -0.15) is 0 Å². The lowest BCUT2D eigenvalue weighted by atomic mass is 10.2. The molecule has 0 fully saturated rings. The summed E-state index contributed by atoms with van der Waals surface area (Å²) in [6.07, 6.45) is 0.689. The van der Waals surface area contributed by atoms with Crippen LogP contribution >= 0.6 is 0 Å². The molecular weight excluding hydrogens is 192 g/mol. The van der Waals surface area contributed by atoms with Crippen molar-refractivity contribution in [2.45, 2.75) is 13.3 Å². The van der Waals surface area contributed by atoms with E-state index < -0.39 is 18.9 Å². The zero-order valence-electron chi connectivity index (χ0n) is 7.60. The van der Waals surface area contributed by atoms with Crippen molar-refractivity contribution in [1.29, 1.82) is 0 Å². The molecule has 0 aliphatic carbocycles. The molecule has 78 valence electrons. The SMILES string of the molecule is CC1=CNNC(C(=O)NCC(F)F)=C1. The van der Waals surface area contributed by atoms with Crippen LogP contribution in [0.4, 0.5) is 8.78 Å². The summed E-state index contributed by atoms with van der Waals surface area (Å²) in [6.45, 7) is 1.15. The van der Waals surface area contributed by atoms with Crippen LogP contribution in [0.15, 0.2) is 23.5 Å². The van der Waals surface area contributed by atoms with E-state index in [4.69, 9.17) is 0 Å². The highest BCUT2D eigenvalue weighted by atomic mass is 19.3.